The maximum atomic E-state index is 13.4. The van der Waals surface area contributed by atoms with Gasteiger partial charge in [0.05, 0.1) is 18.8 Å². The van der Waals surface area contributed by atoms with Crippen LogP contribution in [0, 0.1) is 6.92 Å². The second-order valence-electron chi connectivity index (χ2n) is 5.44. The molecule has 0 aliphatic carbocycles. The Labute approximate surface area is 141 Å². The molecule has 2 heterocycles. The van der Waals surface area contributed by atoms with Crippen LogP contribution in [0.5, 0.6) is 0 Å². The standard InChI is InChI=1S/C15H17F3N4OS/c1-10-20-14(24-21-10)19-9-11-2-3-12(8-13(11)15(16,17)18)22-4-6-23-7-5-22/h2-3,8H,4-7,9H2,1H3,(H,19,20,21). The zero-order chi connectivity index (χ0) is 17.2. The van der Waals surface area contributed by atoms with Crippen molar-refractivity contribution < 1.29 is 17.9 Å². The summed E-state index contributed by atoms with van der Waals surface area (Å²) in [7, 11) is 0. The number of nitrogens with zero attached hydrogens (tertiary/aromatic N) is 3. The maximum Gasteiger partial charge on any atom is 0.416 e. The lowest BCUT2D eigenvalue weighted by Crippen LogP contribution is -2.36. The highest BCUT2D eigenvalue weighted by molar-refractivity contribution is 7.09. The van der Waals surface area contributed by atoms with E-state index in [1.54, 1.807) is 13.0 Å². The zero-order valence-electron chi connectivity index (χ0n) is 13.1. The van der Waals surface area contributed by atoms with Gasteiger partial charge < -0.3 is 15.0 Å². The number of hydrogen-bond acceptors (Lipinski definition) is 6. The van der Waals surface area contributed by atoms with Crippen LogP contribution in [0.15, 0.2) is 18.2 Å². The molecule has 0 amide bonds. The molecule has 1 aromatic carbocycles. The Bertz CT molecular complexity index is 698. The Hall–Kier alpha value is -1.87. The Morgan fingerprint density at radius 1 is 1.29 bits per heavy atom. The highest BCUT2D eigenvalue weighted by Gasteiger charge is 2.34. The maximum absolute atomic E-state index is 13.4. The van der Waals surface area contributed by atoms with Gasteiger partial charge in [-0.2, -0.15) is 17.5 Å². The molecule has 3 rings (SSSR count). The summed E-state index contributed by atoms with van der Waals surface area (Å²) in [6.07, 6.45) is -4.41. The first-order valence-corrected chi connectivity index (χ1v) is 8.28. The van der Waals surface area contributed by atoms with Crippen molar-refractivity contribution in [1.29, 1.82) is 0 Å². The van der Waals surface area contributed by atoms with Crippen molar-refractivity contribution in [3.63, 3.8) is 0 Å². The number of morpholine rings is 1. The minimum Gasteiger partial charge on any atom is -0.378 e. The molecule has 1 N–H and O–H groups in total. The molecule has 0 unspecified atom stereocenters. The number of ether oxygens (including phenoxy) is 1. The lowest BCUT2D eigenvalue weighted by atomic mass is 10.1. The van der Waals surface area contributed by atoms with Crippen molar-refractivity contribution in [2.75, 3.05) is 36.5 Å². The molecule has 0 radical (unpaired) electrons. The molecule has 9 heteroatoms. The van der Waals surface area contributed by atoms with E-state index in [1.165, 1.54) is 12.1 Å². The van der Waals surface area contributed by atoms with Gasteiger partial charge in [-0.15, -0.1) is 0 Å². The van der Waals surface area contributed by atoms with Crippen molar-refractivity contribution in [2.45, 2.75) is 19.6 Å². The van der Waals surface area contributed by atoms with Gasteiger partial charge in [0.25, 0.3) is 0 Å². The van der Waals surface area contributed by atoms with E-state index in [0.717, 1.165) is 11.5 Å². The van der Waals surface area contributed by atoms with Crippen molar-refractivity contribution >= 4 is 22.4 Å². The van der Waals surface area contributed by atoms with Crippen LogP contribution in [0.4, 0.5) is 24.0 Å². The molecule has 1 aliphatic rings. The summed E-state index contributed by atoms with van der Waals surface area (Å²) in [4.78, 5) is 6.01. The van der Waals surface area contributed by atoms with Gasteiger partial charge in [-0.05, 0) is 24.6 Å². The van der Waals surface area contributed by atoms with Crippen molar-refractivity contribution in [3.8, 4) is 0 Å². The average molecular weight is 358 g/mol. The molecular formula is C15H17F3N4OS. The van der Waals surface area contributed by atoms with E-state index >= 15 is 0 Å². The molecule has 0 bridgehead atoms. The van der Waals surface area contributed by atoms with Gasteiger partial charge in [0.2, 0.25) is 5.13 Å². The van der Waals surface area contributed by atoms with Crippen LogP contribution in [-0.4, -0.2) is 35.7 Å². The minimum absolute atomic E-state index is 0.0485. The van der Waals surface area contributed by atoms with Crippen molar-refractivity contribution in [1.82, 2.24) is 9.36 Å². The first-order valence-electron chi connectivity index (χ1n) is 7.50. The summed E-state index contributed by atoms with van der Waals surface area (Å²) >= 11 is 1.13. The smallest absolute Gasteiger partial charge is 0.378 e. The lowest BCUT2D eigenvalue weighted by Gasteiger charge is -2.29. The van der Waals surface area contributed by atoms with Crippen LogP contribution in [0.2, 0.25) is 0 Å². The van der Waals surface area contributed by atoms with Crippen LogP contribution < -0.4 is 10.2 Å². The molecule has 24 heavy (non-hydrogen) atoms. The predicted octanol–water partition coefficient (Wildman–Crippen LogP) is 3.31. The summed E-state index contributed by atoms with van der Waals surface area (Å²) in [6, 6.07) is 4.46. The fraction of sp³-hybridized carbons (Fsp3) is 0.467. The molecule has 5 nitrogen and oxygen atoms in total. The number of nitrogens with one attached hydrogen (secondary N) is 1. The Kier molecular flexibility index (Phi) is 4.91. The highest BCUT2D eigenvalue weighted by atomic mass is 32.1. The van der Waals surface area contributed by atoms with E-state index in [2.05, 4.69) is 14.7 Å². The van der Waals surface area contributed by atoms with Crippen LogP contribution in [0.1, 0.15) is 17.0 Å². The van der Waals surface area contributed by atoms with Gasteiger partial charge in [-0.25, -0.2) is 4.98 Å². The predicted molar refractivity (Wildman–Crippen MR) is 86.4 cm³/mol. The number of aromatic nitrogens is 2. The summed E-state index contributed by atoms with van der Waals surface area (Å²) in [5.74, 6) is 0.598. The van der Waals surface area contributed by atoms with E-state index in [0.29, 0.717) is 42.9 Å². The molecular weight excluding hydrogens is 341 g/mol. The SMILES string of the molecule is Cc1nsc(NCc2ccc(N3CCOCC3)cc2C(F)(F)F)n1. The fourth-order valence-corrected chi connectivity index (χ4v) is 3.11. The normalized spacial score (nSPS) is 15.6. The summed E-state index contributed by atoms with van der Waals surface area (Å²) in [5, 5.41) is 3.42. The number of aryl methyl sites for hydroxylation is 1. The molecule has 2 aromatic rings. The van der Waals surface area contributed by atoms with E-state index in [4.69, 9.17) is 4.74 Å². The number of benzene rings is 1. The van der Waals surface area contributed by atoms with E-state index < -0.39 is 11.7 Å². The van der Waals surface area contributed by atoms with Gasteiger partial charge >= 0.3 is 6.18 Å². The number of alkyl halides is 3. The second kappa shape index (κ2) is 6.94. The summed E-state index contributed by atoms with van der Waals surface area (Å²) in [6.45, 7) is 4.03. The summed E-state index contributed by atoms with van der Waals surface area (Å²) in [5.41, 5.74) is 0.133. The fourth-order valence-electron chi connectivity index (χ4n) is 2.54. The largest absolute Gasteiger partial charge is 0.416 e. The van der Waals surface area contributed by atoms with Gasteiger partial charge in [-0.3, -0.25) is 0 Å². The molecule has 1 aliphatic heterocycles. The number of halogens is 3. The molecule has 0 spiro atoms. The Morgan fingerprint density at radius 3 is 2.67 bits per heavy atom. The Balaban J connectivity index is 1.82. The van der Waals surface area contributed by atoms with Gasteiger partial charge in [0, 0.05) is 36.9 Å². The van der Waals surface area contributed by atoms with Crippen LogP contribution >= 0.6 is 11.5 Å². The lowest BCUT2D eigenvalue weighted by molar-refractivity contribution is -0.138. The minimum atomic E-state index is -4.41. The molecule has 1 fully saturated rings. The van der Waals surface area contributed by atoms with Gasteiger partial charge in [-0.1, -0.05) is 6.07 Å². The number of rotatable bonds is 4. The monoisotopic (exact) mass is 358 g/mol. The first kappa shape index (κ1) is 17.0. The summed E-state index contributed by atoms with van der Waals surface area (Å²) < 4.78 is 49.5. The molecule has 1 aromatic heterocycles. The van der Waals surface area contributed by atoms with Crippen LogP contribution in [0.3, 0.4) is 0 Å². The second-order valence-corrected chi connectivity index (χ2v) is 6.19. The molecule has 1 saturated heterocycles. The third-order valence-electron chi connectivity index (χ3n) is 3.73. The van der Waals surface area contributed by atoms with E-state index in [9.17, 15) is 13.2 Å². The van der Waals surface area contributed by atoms with Crippen molar-refractivity contribution in [2.24, 2.45) is 0 Å². The third-order valence-corrected chi connectivity index (χ3v) is 4.50. The first-order chi connectivity index (χ1) is 11.4. The Morgan fingerprint density at radius 2 is 2.04 bits per heavy atom. The highest BCUT2D eigenvalue weighted by Crippen LogP contribution is 2.35. The number of anilines is 2. The average Bonchev–Trinajstić information content (AvgIpc) is 2.98. The molecule has 0 atom stereocenters. The topological polar surface area (TPSA) is 50.3 Å². The van der Waals surface area contributed by atoms with Crippen LogP contribution in [0.25, 0.3) is 0 Å². The van der Waals surface area contributed by atoms with Gasteiger partial charge in [0.1, 0.15) is 5.82 Å². The zero-order valence-corrected chi connectivity index (χ0v) is 13.9. The van der Waals surface area contributed by atoms with Gasteiger partial charge in [0.15, 0.2) is 0 Å². The third kappa shape index (κ3) is 3.96. The molecule has 0 saturated carbocycles. The van der Waals surface area contributed by atoms with Crippen molar-refractivity contribution in [3.05, 3.63) is 35.2 Å². The molecule has 130 valence electrons. The van der Waals surface area contributed by atoms with E-state index in [1.807, 2.05) is 4.90 Å². The van der Waals surface area contributed by atoms with E-state index in [-0.39, 0.29) is 12.1 Å². The quantitative estimate of drug-likeness (QED) is 0.909. The van der Waals surface area contributed by atoms with Crippen LogP contribution in [-0.2, 0) is 17.5 Å². The number of hydrogen-bond donors (Lipinski definition) is 1.